The van der Waals surface area contributed by atoms with Gasteiger partial charge in [-0.15, -0.1) is 0 Å². The van der Waals surface area contributed by atoms with Crippen molar-refractivity contribution in [2.24, 2.45) is 5.92 Å². The molecular formula is C14H22ClNO3. The molecule has 4 nitrogen and oxygen atoms in total. The lowest BCUT2D eigenvalue weighted by atomic mass is 10.1. The van der Waals surface area contributed by atoms with E-state index < -0.39 is 0 Å². The van der Waals surface area contributed by atoms with E-state index in [0.717, 1.165) is 25.3 Å². The molecule has 108 valence electrons. The van der Waals surface area contributed by atoms with Crippen LogP contribution in [-0.2, 0) is 11.3 Å². The van der Waals surface area contributed by atoms with Crippen LogP contribution in [0.2, 0.25) is 5.02 Å². The van der Waals surface area contributed by atoms with E-state index >= 15 is 0 Å². The van der Waals surface area contributed by atoms with Gasteiger partial charge in [0.15, 0.2) is 11.5 Å². The topological polar surface area (TPSA) is 39.7 Å². The maximum Gasteiger partial charge on any atom is 0.179 e. The summed E-state index contributed by atoms with van der Waals surface area (Å²) in [5.74, 6) is 1.69. The Kier molecular flexibility index (Phi) is 6.99. The molecule has 0 fully saturated rings. The number of nitrogens with one attached hydrogen (secondary N) is 1. The van der Waals surface area contributed by atoms with Crippen LogP contribution in [0.1, 0.15) is 12.5 Å². The summed E-state index contributed by atoms with van der Waals surface area (Å²) in [6, 6.07) is 3.82. The summed E-state index contributed by atoms with van der Waals surface area (Å²) in [6.07, 6.45) is 0. The molecule has 1 rings (SSSR count). The number of hydrogen-bond acceptors (Lipinski definition) is 4. The molecule has 5 heteroatoms. The van der Waals surface area contributed by atoms with E-state index in [0.29, 0.717) is 22.4 Å². The van der Waals surface area contributed by atoms with Gasteiger partial charge in [0, 0.05) is 26.8 Å². The first-order chi connectivity index (χ1) is 9.12. The fourth-order valence-corrected chi connectivity index (χ4v) is 2.19. The van der Waals surface area contributed by atoms with Gasteiger partial charge in [0.25, 0.3) is 0 Å². The van der Waals surface area contributed by atoms with Gasteiger partial charge in [-0.1, -0.05) is 18.5 Å². The third kappa shape index (κ3) is 4.90. The van der Waals surface area contributed by atoms with Crippen molar-refractivity contribution in [3.05, 3.63) is 22.7 Å². The molecule has 0 aliphatic carbocycles. The Bertz CT molecular complexity index is 399. The van der Waals surface area contributed by atoms with Crippen LogP contribution in [0.3, 0.4) is 0 Å². The van der Waals surface area contributed by atoms with E-state index in [9.17, 15) is 0 Å². The highest BCUT2D eigenvalue weighted by Crippen LogP contribution is 2.35. The predicted molar refractivity (Wildman–Crippen MR) is 77.3 cm³/mol. The first kappa shape index (κ1) is 16.1. The predicted octanol–water partition coefficient (Wildman–Crippen LogP) is 2.73. The smallest absolute Gasteiger partial charge is 0.179 e. The van der Waals surface area contributed by atoms with Gasteiger partial charge in [0.1, 0.15) is 0 Å². The van der Waals surface area contributed by atoms with Crippen molar-refractivity contribution in [2.75, 3.05) is 34.5 Å². The second-order valence-electron chi connectivity index (χ2n) is 4.50. The maximum atomic E-state index is 6.15. The van der Waals surface area contributed by atoms with E-state index in [2.05, 4.69) is 12.2 Å². The molecule has 0 saturated heterocycles. The van der Waals surface area contributed by atoms with E-state index in [1.54, 1.807) is 21.3 Å². The highest BCUT2D eigenvalue weighted by atomic mass is 35.5. The summed E-state index contributed by atoms with van der Waals surface area (Å²) in [7, 11) is 4.89. The highest BCUT2D eigenvalue weighted by Gasteiger charge is 2.10. The van der Waals surface area contributed by atoms with Crippen molar-refractivity contribution < 1.29 is 14.2 Å². The Morgan fingerprint density at radius 2 is 1.95 bits per heavy atom. The first-order valence-electron chi connectivity index (χ1n) is 6.22. The monoisotopic (exact) mass is 287 g/mol. The lowest BCUT2D eigenvalue weighted by Gasteiger charge is -2.14. The molecule has 0 aliphatic heterocycles. The van der Waals surface area contributed by atoms with Crippen molar-refractivity contribution >= 4 is 11.6 Å². The molecule has 0 spiro atoms. The van der Waals surface area contributed by atoms with Crippen LogP contribution in [0.4, 0.5) is 0 Å². The number of methoxy groups -OCH3 is 3. The molecule has 1 aromatic rings. The fourth-order valence-electron chi connectivity index (χ4n) is 1.88. The average molecular weight is 288 g/mol. The lowest BCUT2D eigenvalue weighted by Crippen LogP contribution is -2.23. The minimum Gasteiger partial charge on any atom is -0.493 e. The van der Waals surface area contributed by atoms with Gasteiger partial charge in [0.2, 0.25) is 0 Å². The Morgan fingerprint density at radius 1 is 1.21 bits per heavy atom. The number of rotatable bonds is 8. The first-order valence-corrected chi connectivity index (χ1v) is 6.60. The molecule has 0 saturated carbocycles. The van der Waals surface area contributed by atoms with Crippen molar-refractivity contribution in [3.63, 3.8) is 0 Å². The van der Waals surface area contributed by atoms with E-state index in [1.807, 2.05) is 12.1 Å². The minimum atomic E-state index is 0.473. The molecule has 0 amide bonds. The Morgan fingerprint density at radius 3 is 2.53 bits per heavy atom. The SMILES string of the molecule is COCC(C)CNCc1cc(Cl)c(OC)c(OC)c1. The second kappa shape index (κ2) is 8.25. The molecule has 0 aliphatic rings. The Hall–Kier alpha value is -0.970. The van der Waals surface area contributed by atoms with E-state index in [-0.39, 0.29) is 0 Å². The van der Waals surface area contributed by atoms with Crippen LogP contribution in [0.5, 0.6) is 11.5 Å². The van der Waals surface area contributed by atoms with E-state index in [4.69, 9.17) is 25.8 Å². The summed E-state index contributed by atoms with van der Waals surface area (Å²) < 4.78 is 15.6. The molecule has 1 unspecified atom stereocenters. The second-order valence-corrected chi connectivity index (χ2v) is 4.91. The standard InChI is InChI=1S/C14H22ClNO3/c1-10(9-17-2)7-16-8-11-5-12(15)14(19-4)13(6-11)18-3/h5-6,10,16H,7-9H2,1-4H3. The van der Waals surface area contributed by atoms with Gasteiger partial charge in [-0.3, -0.25) is 0 Å². The van der Waals surface area contributed by atoms with Crippen molar-refractivity contribution in [2.45, 2.75) is 13.5 Å². The normalized spacial score (nSPS) is 12.3. The van der Waals surface area contributed by atoms with Crippen molar-refractivity contribution in [3.8, 4) is 11.5 Å². The summed E-state index contributed by atoms with van der Waals surface area (Å²) in [4.78, 5) is 0. The van der Waals surface area contributed by atoms with Gasteiger partial charge in [-0.05, 0) is 23.6 Å². The van der Waals surface area contributed by atoms with Gasteiger partial charge in [-0.2, -0.15) is 0 Å². The number of ether oxygens (including phenoxy) is 3. The number of benzene rings is 1. The van der Waals surface area contributed by atoms with E-state index in [1.165, 1.54) is 0 Å². The minimum absolute atomic E-state index is 0.473. The molecular weight excluding hydrogens is 266 g/mol. The lowest BCUT2D eigenvalue weighted by molar-refractivity contribution is 0.158. The van der Waals surface area contributed by atoms with Crippen LogP contribution in [0.15, 0.2) is 12.1 Å². The molecule has 0 aromatic heterocycles. The number of halogens is 1. The average Bonchev–Trinajstić information content (AvgIpc) is 2.38. The summed E-state index contributed by atoms with van der Waals surface area (Å²) >= 11 is 6.15. The van der Waals surface area contributed by atoms with Crippen molar-refractivity contribution in [1.82, 2.24) is 5.32 Å². The molecule has 0 radical (unpaired) electrons. The summed E-state index contributed by atoms with van der Waals surface area (Å²) in [5, 5.41) is 3.93. The third-order valence-electron chi connectivity index (χ3n) is 2.77. The van der Waals surface area contributed by atoms with Gasteiger partial charge >= 0.3 is 0 Å². The molecule has 1 atom stereocenters. The molecule has 0 bridgehead atoms. The largest absolute Gasteiger partial charge is 0.493 e. The molecule has 1 aromatic carbocycles. The zero-order valence-electron chi connectivity index (χ0n) is 12.0. The van der Waals surface area contributed by atoms with Gasteiger partial charge in [-0.25, -0.2) is 0 Å². The molecule has 1 N–H and O–H groups in total. The van der Waals surface area contributed by atoms with Crippen LogP contribution in [0, 0.1) is 5.92 Å². The number of hydrogen-bond donors (Lipinski definition) is 1. The molecule has 0 heterocycles. The summed E-state index contributed by atoms with van der Waals surface area (Å²) in [5.41, 5.74) is 1.06. The third-order valence-corrected chi connectivity index (χ3v) is 3.05. The van der Waals surface area contributed by atoms with Gasteiger partial charge < -0.3 is 19.5 Å². The van der Waals surface area contributed by atoms with Crippen LogP contribution in [0.25, 0.3) is 0 Å². The van der Waals surface area contributed by atoms with Gasteiger partial charge in [0.05, 0.1) is 19.2 Å². The van der Waals surface area contributed by atoms with Crippen LogP contribution in [-0.4, -0.2) is 34.5 Å². The highest BCUT2D eigenvalue weighted by molar-refractivity contribution is 6.32. The fraction of sp³-hybridized carbons (Fsp3) is 0.571. The van der Waals surface area contributed by atoms with Crippen molar-refractivity contribution in [1.29, 1.82) is 0 Å². The molecule has 19 heavy (non-hydrogen) atoms. The maximum absolute atomic E-state index is 6.15. The zero-order chi connectivity index (χ0) is 14.3. The zero-order valence-corrected chi connectivity index (χ0v) is 12.7. The van der Waals surface area contributed by atoms with Crippen LogP contribution >= 0.6 is 11.6 Å². The Balaban J connectivity index is 2.62. The quantitative estimate of drug-likeness (QED) is 0.798. The van der Waals surface area contributed by atoms with Crippen LogP contribution < -0.4 is 14.8 Å². The Labute approximate surface area is 120 Å². The summed E-state index contributed by atoms with van der Waals surface area (Å²) in [6.45, 7) is 4.51.